The third kappa shape index (κ3) is 2.80. The Morgan fingerprint density at radius 3 is 2.58 bits per heavy atom. The first kappa shape index (κ1) is 15.9. The van der Waals surface area contributed by atoms with Crippen molar-refractivity contribution in [3.8, 4) is 17.4 Å². The minimum Gasteiger partial charge on any atom is -0.494 e. The van der Waals surface area contributed by atoms with Crippen LogP contribution < -0.4 is 9.47 Å². The first-order chi connectivity index (χ1) is 11.7. The van der Waals surface area contributed by atoms with E-state index < -0.39 is 0 Å². The molecule has 0 saturated carbocycles. The molecule has 0 aliphatic heterocycles. The highest BCUT2D eigenvalue weighted by Crippen LogP contribution is 2.29. The van der Waals surface area contributed by atoms with Crippen LogP contribution in [0.5, 0.6) is 17.4 Å². The van der Waals surface area contributed by atoms with E-state index in [0.29, 0.717) is 18.0 Å². The first-order valence-electron chi connectivity index (χ1n) is 7.62. The monoisotopic (exact) mass is 324 g/mol. The van der Waals surface area contributed by atoms with Gasteiger partial charge in [0.05, 0.1) is 31.8 Å². The fourth-order valence-electron chi connectivity index (χ4n) is 2.76. The van der Waals surface area contributed by atoms with Gasteiger partial charge in [0.1, 0.15) is 0 Å². The molecule has 0 atom stereocenters. The second-order valence-electron chi connectivity index (χ2n) is 5.47. The summed E-state index contributed by atoms with van der Waals surface area (Å²) in [5.41, 5.74) is 2.71. The molecule has 5 nitrogen and oxygen atoms in total. The Labute approximate surface area is 140 Å². The summed E-state index contributed by atoms with van der Waals surface area (Å²) in [5.74, 6) is 1.59. The van der Waals surface area contributed by atoms with Crippen LogP contribution in [0.3, 0.4) is 0 Å². The number of aromatic hydroxyl groups is 1. The number of nitrogens with zero attached hydrogens (tertiary/aromatic N) is 2. The van der Waals surface area contributed by atoms with Gasteiger partial charge < -0.3 is 19.1 Å². The molecule has 0 unspecified atom stereocenters. The minimum atomic E-state index is 0.215. The van der Waals surface area contributed by atoms with Crippen LogP contribution in [-0.4, -0.2) is 30.1 Å². The van der Waals surface area contributed by atoms with Gasteiger partial charge in [-0.1, -0.05) is 24.3 Å². The zero-order valence-corrected chi connectivity index (χ0v) is 14.0. The van der Waals surface area contributed by atoms with Gasteiger partial charge in [0.2, 0.25) is 5.88 Å². The van der Waals surface area contributed by atoms with Crippen LogP contribution in [0.25, 0.3) is 10.9 Å². The van der Waals surface area contributed by atoms with Crippen molar-refractivity contribution >= 4 is 17.1 Å². The number of aromatic nitrogens is 1. The first-order valence-corrected chi connectivity index (χ1v) is 7.62. The normalized spacial score (nSPS) is 11.3. The van der Waals surface area contributed by atoms with Crippen LogP contribution >= 0.6 is 0 Å². The van der Waals surface area contributed by atoms with E-state index in [1.165, 1.54) is 0 Å². The number of ether oxygens (including phenoxy) is 2. The van der Waals surface area contributed by atoms with E-state index in [2.05, 4.69) is 4.99 Å². The molecule has 0 bridgehead atoms. The van der Waals surface area contributed by atoms with Gasteiger partial charge in [-0.25, -0.2) is 0 Å². The molecule has 1 heterocycles. The summed E-state index contributed by atoms with van der Waals surface area (Å²) in [5, 5.41) is 11.3. The van der Waals surface area contributed by atoms with Crippen molar-refractivity contribution in [1.29, 1.82) is 0 Å². The van der Waals surface area contributed by atoms with Crippen LogP contribution in [-0.2, 0) is 13.6 Å². The fraction of sp³-hybridized carbons (Fsp3) is 0.211. The summed E-state index contributed by atoms with van der Waals surface area (Å²) in [6, 6.07) is 13.6. The summed E-state index contributed by atoms with van der Waals surface area (Å²) in [6.45, 7) is 0.489. The molecule has 24 heavy (non-hydrogen) atoms. The number of aryl methyl sites for hydroxylation is 1. The second kappa shape index (κ2) is 6.66. The topological polar surface area (TPSA) is 56.0 Å². The van der Waals surface area contributed by atoms with Gasteiger partial charge in [0.15, 0.2) is 11.5 Å². The lowest BCUT2D eigenvalue weighted by Gasteiger charge is -2.08. The summed E-state index contributed by atoms with van der Waals surface area (Å²) in [4.78, 5) is 4.47. The number of rotatable bonds is 5. The van der Waals surface area contributed by atoms with Crippen LogP contribution in [0.4, 0.5) is 0 Å². The molecule has 3 rings (SSSR count). The van der Waals surface area contributed by atoms with Gasteiger partial charge in [-0.05, 0) is 23.8 Å². The Bertz CT molecular complexity index is 897. The van der Waals surface area contributed by atoms with Gasteiger partial charge in [-0.15, -0.1) is 0 Å². The summed E-state index contributed by atoms with van der Waals surface area (Å²) in [7, 11) is 5.06. The average molecular weight is 324 g/mol. The predicted octanol–water partition coefficient (Wildman–Crippen LogP) is 3.52. The molecule has 2 aromatic carbocycles. The standard InChI is InChI=1S/C19H20N2O3/c1-21-16-7-5-4-6-14(16)15(19(21)22)12-20-11-13-8-9-17(23-2)18(10-13)24-3/h4-10,12,22H,11H2,1-3H3. The Morgan fingerprint density at radius 2 is 1.83 bits per heavy atom. The van der Waals surface area contributed by atoms with Gasteiger partial charge >= 0.3 is 0 Å². The van der Waals surface area contributed by atoms with E-state index in [0.717, 1.165) is 22.0 Å². The molecular formula is C19H20N2O3. The lowest BCUT2D eigenvalue weighted by atomic mass is 10.2. The largest absolute Gasteiger partial charge is 0.494 e. The lowest BCUT2D eigenvalue weighted by molar-refractivity contribution is 0.354. The third-order valence-corrected chi connectivity index (χ3v) is 4.06. The molecular weight excluding hydrogens is 304 g/mol. The van der Waals surface area contributed by atoms with E-state index in [9.17, 15) is 5.11 Å². The molecule has 1 aromatic heterocycles. The maximum absolute atomic E-state index is 10.3. The molecule has 5 heteroatoms. The van der Waals surface area contributed by atoms with Crippen molar-refractivity contribution in [3.05, 3.63) is 53.6 Å². The van der Waals surface area contributed by atoms with E-state index in [1.54, 1.807) is 25.0 Å². The van der Waals surface area contributed by atoms with E-state index in [-0.39, 0.29) is 5.88 Å². The zero-order valence-electron chi connectivity index (χ0n) is 14.0. The van der Waals surface area contributed by atoms with E-state index >= 15 is 0 Å². The third-order valence-electron chi connectivity index (χ3n) is 4.06. The van der Waals surface area contributed by atoms with Crippen LogP contribution in [0.15, 0.2) is 47.5 Å². The van der Waals surface area contributed by atoms with Gasteiger partial charge in [-0.2, -0.15) is 0 Å². The van der Waals surface area contributed by atoms with Crippen LogP contribution in [0.1, 0.15) is 11.1 Å². The van der Waals surface area contributed by atoms with E-state index in [1.807, 2.05) is 49.5 Å². The predicted molar refractivity (Wildman–Crippen MR) is 95.4 cm³/mol. The number of fused-ring (bicyclic) bond motifs is 1. The molecule has 3 aromatic rings. The molecule has 1 N–H and O–H groups in total. The Kier molecular flexibility index (Phi) is 4.42. The highest BCUT2D eigenvalue weighted by Gasteiger charge is 2.11. The van der Waals surface area contributed by atoms with Crippen LogP contribution in [0, 0.1) is 0 Å². The molecule has 124 valence electrons. The summed E-state index contributed by atoms with van der Waals surface area (Å²) >= 11 is 0. The number of benzene rings is 2. The quantitative estimate of drug-likeness (QED) is 0.731. The zero-order chi connectivity index (χ0) is 17.1. The van der Waals surface area contributed by atoms with Crippen molar-refractivity contribution in [2.75, 3.05) is 14.2 Å². The molecule has 0 spiro atoms. The fourth-order valence-corrected chi connectivity index (χ4v) is 2.76. The molecule has 0 aliphatic rings. The highest BCUT2D eigenvalue weighted by atomic mass is 16.5. The lowest BCUT2D eigenvalue weighted by Crippen LogP contribution is -1.92. The Hall–Kier alpha value is -2.95. The van der Waals surface area contributed by atoms with E-state index in [4.69, 9.17) is 9.47 Å². The number of hydrogen-bond donors (Lipinski definition) is 1. The van der Waals surface area contributed by atoms with Gasteiger partial charge in [0, 0.05) is 18.6 Å². The smallest absolute Gasteiger partial charge is 0.200 e. The Morgan fingerprint density at radius 1 is 1.08 bits per heavy atom. The van der Waals surface area contributed by atoms with Gasteiger partial charge in [0.25, 0.3) is 0 Å². The number of para-hydroxylation sites is 1. The maximum Gasteiger partial charge on any atom is 0.200 e. The van der Waals surface area contributed by atoms with Gasteiger partial charge in [-0.3, -0.25) is 4.99 Å². The number of methoxy groups -OCH3 is 2. The van der Waals surface area contributed by atoms with Crippen molar-refractivity contribution in [2.45, 2.75) is 6.54 Å². The summed E-state index contributed by atoms with van der Waals surface area (Å²) < 4.78 is 12.3. The maximum atomic E-state index is 10.3. The van der Waals surface area contributed by atoms with Crippen molar-refractivity contribution in [2.24, 2.45) is 12.0 Å². The van der Waals surface area contributed by atoms with Crippen molar-refractivity contribution in [3.63, 3.8) is 0 Å². The number of aliphatic imine (C=N–C) groups is 1. The van der Waals surface area contributed by atoms with Crippen LogP contribution in [0.2, 0.25) is 0 Å². The van der Waals surface area contributed by atoms with Crippen molar-refractivity contribution < 1.29 is 14.6 Å². The SMILES string of the molecule is COc1ccc(CN=Cc2c(O)n(C)c3ccccc23)cc1OC. The summed E-state index contributed by atoms with van der Waals surface area (Å²) in [6.07, 6.45) is 1.72. The molecule has 0 aliphatic carbocycles. The Balaban J connectivity index is 1.86. The number of hydrogen-bond acceptors (Lipinski definition) is 4. The molecule has 0 fully saturated rings. The average Bonchev–Trinajstić information content (AvgIpc) is 2.86. The van der Waals surface area contributed by atoms with Crippen molar-refractivity contribution in [1.82, 2.24) is 4.57 Å². The second-order valence-corrected chi connectivity index (χ2v) is 5.47. The minimum absolute atomic E-state index is 0.215. The highest BCUT2D eigenvalue weighted by molar-refractivity contribution is 6.02. The molecule has 0 radical (unpaired) electrons. The molecule has 0 saturated heterocycles. The molecule has 0 amide bonds.